The fraction of sp³-hybridized carbons (Fsp3) is 0.900. The van der Waals surface area contributed by atoms with Crippen LogP contribution in [0.1, 0.15) is 26.2 Å². The lowest BCUT2D eigenvalue weighted by Gasteiger charge is -2.37. The standard InChI is InChI=1S/C10H18N2O2/c1-7-2-3-8(13)6-9(7)12-5-4-11-10(12)14/h7-9,13H,2-6H2,1H3,(H,11,14). The third-order valence-corrected chi connectivity index (χ3v) is 3.42. The van der Waals surface area contributed by atoms with Crippen molar-refractivity contribution in [2.75, 3.05) is 13.1 Å². The van der Waals surface area contributed by atoms with Gasteiger partial charge in [-0.2, -0.15) is 0 Å². The van der Waals surface area contributed by atoms with Crippen LogP contribution in [0.4, 0.5) is 4.79 Å². The van der Waals surface area contributed by atoms with Crippen LogP contribution in [0.15, 0.2) is 0 Å². The largest absolute Gasteiger partial charge is 0.393 e. The maximum Gasteiger partial charge on any atom is 0.317 e. The van der Waals surface area contributed by atoms with Crippen molar-refractivity contribution in [3.05, 3.63) is 0 Å². The summed E-state index contributed by atoms with van der Waals surface area (Å²) in [4.78, 5) is 13.3. The molecule has 0 aromatic carbocycles. The SMILES string of the molecule is CC1CCC(O)CC1N1CCNC1=O. The Hall–Kier alpha value is -0.770. The molecule has 0 radical (unpaired) electrons. The van der Waals surface area contributed by atoms with E-state index in [0.717, 1.165) is 32.4 Å². The van der Waals surface area contributed by atoms with E-state index >= 15 is 0 Å². The molecule has 4 nitrogen and oxygen atoms in total. The Bertz CT molecular complexity index is 232. The highest BCUT2D eigenvalue weighted by molar-refractivity contribution is 5.76. The topological polar surface area (TPSA) is 52.6 Å². The van der Waals surface area contributed by atoms with E-state index in [4.69, 9.17) is 0 Å². The molecule has 0 aromatic heterocycles. The molecule has 0 spiro atoms. The Balaban J connectivity index is 2.03. The molecule has 2 fully saturated rings. The van der Waals surface area contributed by atoms with E-state index in [9.17, 15) is 9.90 Å². The fourth-order valence-corrected chi connectivity index (χ4v) is 2.51. The van der Waals surface area contributed by atoms with E-state index in [1.165, 1.54) is 0 Å². The summed E-state index contributed by atoms with van der Waals surface area (Å²) in [7, 11) is 0. The molecule has 1 heterocycles. The van der Waals surface area contributed by atoms with Gasteiger partial charge in [0.05, 0.1) is 6.10 Å². The molecule has 1 aliphatic carbocycles. The minimum Gasteiger partial charge on any atom is -0.393 e. The summed E-state index contributed by atoms with van der Waals surface area (Å²) in [5.74, 6) is 0.516. The Morgan fingerprint density at radius 3 is 2.93 bits per heavy atom. The van der Waals surface area contributed by atoms with Crippen LogP contribution in [0.3, 0.4) is 0 Å². The number of carbonyl (C=O) groups excluding carboxylic acids is 1. The number of nitrogens with zero attached hydrogens (tertiary/aromatic N) is 1. The molecule has 0 aromatic rings. The van der Waals surface area contributed by atoms with Crippen LogP contribution in [0.25, 0.3) is 0 Å². The van der Waals surface area contributed by atoms with Gasteiger partial charge in [0, 0.05) is 19.1 Å². The van der Waals surface area contributed by atoms with E-state index in [1.807, 2.05) is 4.90 Å². The number of urea groups is 1. The third-order valence-electron chi connectivity index (χ3n) is 3.42. The second-order valence-corrected chi connectivity index (χ2v) is 4.44. The van der Waals surface area contributed by atoms with Gasteiger partial charge < -0.3 is 15.3 Å². The molecule has 2 amide bonds. The number of nitrogens with one attached hydrogen (secondary N) is 1. The highest BCUT2D eigenvalue weighted by Crippen LogP contribution is 2.29. The quantitative estimate of drug-likeness (QED) is 0.647. The zero-order valence-corrected chi connectivity index (χ0v) is 8.57. The van der Waals surface area contributed by atoms with Crippen LogP contribution in [-0.2, 0) is 0 Å². The maximum atomic E-state index is 11.5. The van der Waals surface area contributed by atoms with Crippen LogP contribution >= 0.6 is 0 Å². The van der Waals surface area contributed by atoms with Gasteiger partial charge in [-0.05, 0) is 25.2 Å². The summed E-state index contributed by atoms with van der Waals surface area (Å²) in [5.41, 5.74) is 0. The molecule has 2 N–H and O–H groups in total. The number of amides is 2. The number of carbonyl (C=O) groups is 1. The molecule has 2 aliphatic rings. The van der Waals surface area contributed by atoms with Gasteiger partial charge in [0.15, 0.2) is 0 Å². The third kappa shape index (κ3) is 1.71. The normalized spacial score (nSPS) is 38.6. The van der Waals surface area contributed by atoms with Gasteiger partial charge in [-0.3, -0.25) is 0 Å². The first-order valence-corrected chi connectivity index (χ1v) is 5.41. The van der Waals surface area contributed by atoms with E-state index in [1.54, 1.807) is 0 Å². The summed E-state index contributed by atoms with van der Waals surface area (Å²) in [5, 5.41) is 12.4. The van der Waals surface area contributed by atoms with Crippen LogP contribution in [0, 0.1) is 5.92 Å². The van der Waals surface area contributed by atoms with Crippen LogP contribution in [0.2, 0.25) is 0 Å². The second-order valence-electron chi connectivity index (χ2n) is 4.44. The summed E-state index contributed by atoms with van der Waals surface area (Å²) in [6.45, 7) is 3.71. The van der Waals surface area contributed by atoms with Crippen LogP contribution in [0.5, 0.6) is 0 Å². The molecule has 1 saturated heterocycles. The molecule has 4 heteroatoms. The monoisotopic (exact) mass is 198 g/mol. The molecular formula is C10H18N2O2. The summed E-state index contributed by atoms with van der Waals surface area (Å²) in [6.07, 6.45) is 2.43. The van der Waals surface area contributed by atoms with Crippen molar-refractivity contribution in [3.8, 4) is 0 Å². The zero-order chi connectivity index (χ0) is 10.1. The van der Waals surface area contributed by atoms with Crippen molar-refractivity contribution in [1.82, 2.24) is 10.2 Å². The lowest BCUT2D eigenvalue weighted by molar-refractivity contribution is 0.0545. The summed E-state index contributed by atoms with van der Waals surface area (Å²) >= 11 is 0. The van der Waals surface area contributed by atoms with Gasteiger partial charge in [0.25, 0.3) is 0 Å². The first kappa shape index (κ1) is 9.77. The molecule has 0 bridgehead atoms. The smallest absolute Gasteiger partial charge is 0.317 e. The zero-order valence-electron chi connectivity index (χ0n) is 8.57. The highest BCUT2D eigenvalue weighted by Gasteiger charge is 2.35. The molecule has 3 unspecified atom stereocenters. The lowest BCUT2D eigenvalue weighted by atomic mass is 9.83. The molecule has 3 atom stereocenters. The Morgan fingerprint density at radius 1 is 1.50 bits per heavy atom. The van der Waals surface area contributed by atoms with Gasteiger partial charge in [-0.25, -0.2) is 4.79 Å². The molecular weight excluding hydrogens is 180 g/mol. The van der Waals surface area contributed by atoms with Crippen molar-refractivity contribution in [1.29, 1.82) is 0 Å². The van der Waals surface area contributed by atoms with E-state index in [-0.39, 0.29) is 18.2 Å². The average Bonchev–Trinajstić information content (AvgIpc) is 2.56. The van der Waals surface area contributed by atoms with Gasteiger partial charge in [0.1, 0.15) is 0 Å². The molecule has 1 aliphatic heterocycles. The van der Waals surface area contributed by atoms with Gasteiger partial charge in [-0.1, -0.05) is 6.92 Å². The number of rotatable bonds is 1. The van der Waals surface area contributed by atoms with Crippen LogP contribution < -0.4 is 5.32 Å². The van der Waals surface area contributed by atoms with E-state index in [0.29, 0.717) is 5.92 Å². The predicted octanol–water partition coefficient (Wildman–Crippen LogP) is 0.561. The Labute approximate surface area is 84.3 Å². The first-order chi connectivity index (χ1) is 6.68. The number of hydrogen-bond donors (Lipinski definition) is 2. The minimum atomic E-state index is -0.218. The summed E-state index contributed by atoms with van der Waals surface area (Å²) < 4.78 is 0. The average molecular weight is 198 g/mol. The van der Waals surface area contributed by atoms with Crippen LogP contribution in [-0.4, -0.2) is 41.3 Å². The lowest BCUT2D eigenvalue weighted by Crippen LogP contribution is -2.46. The van der Waals surface area contributed by atoms with Gasteiger partial charge in [0.2, 0.25) is 0 Å². The molecule has 1 saturated carbocycles. The number of aliphatic hydroxyl groups excluding tert-OH is 1. The molecule has 80 valence electrons. The maximum absolute atomic E-state index is 11.5. The number of aliphatic hydroxyl groups is 1. The van der Waals surface area contributed by atoms with Crippen molar-refractivity contribution in [2.45, 2.75) is 38.3 Å². The van der Waals surface area contributed by atoms with Crippen molar-refractivity contribution >= 4 is 6.03 Å². The second kappa shape index (κ2) is 3.77. The Morgan fingerprint density at radius 2 is 2.29 bits per heavy atom. The highest BCUT2D eigenvalue weighted by atomic mass is 16.3. The molecule has 14 heavy (non-hydrogen) atoms. The first-order valence-electron chi connectivity index (χ1n) is 5.41. The Kier molecular flexibility index (Phi) is 2.63. The van der Waals surface area contributed by atoms with Crippen molar-refractivity contribution in [2.24, 2.45) is 5.92 Å². The molecule has 2 rings (SSSR count). The minimum absolute atomic E-state index is 0.0379. The number of hydrogen-bond acceptors (Lipinski definition) is 2. The van der Waals surface area contributed by atoms with Gasteiger partial charge >= 0.3 is 6.03 Å². The van der Waals surface area contributed by atoms with E-state index < -0.39 is 0 Å². The fourth-order valence-electron chi connectivity index (χ4n) is 2.51. The summed E-state index contributed by atoms with van der Waals surface area (Å²) in [6, 6.07) is 0.275. The van der Waals surface area contributed by atoms with Crippen molar-refractivity contribution < 1.29 is 9.90 Å². The van der Waals surface area contributed by atoms with Gasteiger partial charge in [-0.15, -0.1) is 0 Å². The predicted molar refractivity (Wildman–Crippen MR) is 52.9 cm³/mol. The van der Waals surface area contributed by atoms with E-state index in [2.05, 4.69) is 12.2 Å². The van der Waals surface area contributed by atoms with Crippen molar-refractivity contribution in [3.63, 3.8) is 0 Å².